The van der Waals surface area contributed by atoms with Crippen molar-refractivity contribution in [3.8, 4) is 11.1 Å². The summed E-state index contributed by atoms with van der Waals surface area (Å²) in [5.74, 6) is -0.118. The van der Waals surface area contributed by atoms with Gasteiger partial charge in [0.15, 0.2) is 0 Å². The smallest absolute Gasteiger partial charge is 0.123 e. The minimum absolute atomic E-state index is 0.118. The molecule has 5 rings (SSSR count). The van der Waals surface area contributed by atoms with Crippen molar-refractivity contribution in [2.75, 3.05) is 0 Å². The van der Waals surface area contributed by atoms with Gasteiger partial charge < -0.3 is 5.32 Å². The van der Waals surface area contributed by atoms with Crippen molar-refractivity contribution in [1.82, 2.24) is 5.32 Å². The van der Waals surface area contributed by atoms with Crippen molar-refractivity contribution in [2.45, 2.75) is 36.9 Å². The second-order valence-electron chi connectivity index (χ2n) is 7.14. The normalized spacial score (nSPS) is 19.0. The van der Waals surface area contributed by atoms with Crippen molar-refractivity contribution in [3.05, 3.63) is 95.1 Å². The Morgan fingerprint density at radius 1 is 0.815 bits per heavy atom. The van der Waals surface area contributed by atoms with Crippen LogP contribution >= 0.6 is 15.9 Å². The molecule has 2 aromatic rings. The zero-order valence-electron chi connectivity index (χ0n) is 15.2. The molecule has 0 fully saturated rings. The zero-order chi connectivity index (χ0) is 18.6. The molecule has 1 heterocycles. The molecule has 0 spiro atoms. The molecule has 1 atom stereocenters. The highest BCUT2D eigenvalue weighted by Gasteiger charge is 2.24. The Hall–Kier alpha value is -2.13. The standard InChI is InChI=1S/C18H16BrF.C6H7N/c19-13-3-7-15-11(9-13)1-5-18-16-8-4-14(20)10-12(16)2-6-17(15)18;1-2-4-6-7-5-3-1/h1,4-5,8,10,13H,2-3,6-7,9H2;1-7H. The predicted octanol–water partition coefficient (Wildman–Crippen LogP) is 6.02. The number of benzene rings is 2. The first-order valence-corrected chi connectivity index (χ1v) is 10.4. The van der Waals surface area contributed by atoms with Crippen molar-refractivity contribution >= 4 is 15.9 Å². The molecule has 2 aliphatic carbocycles. The van der Waals surface area contributed by atoms with Gasteiger partial charge in [0.2, 0.25) is 0 Å². The highest BCUT2D eigenvalue weighted by molar-refractivity contribution is 9.09. The van der Waals surface area contributed by atoms with Crippen LogP contribution in [-0.2, 0) is 25.7 Å². The van der Waals surface area contributed by atoms with E-state index in [-0.39, 0.29) is 5.82 Å². The van der Waals surface area contributed by atoms with Crippen molar-refractivity contribution in [2.24, 2.45) is 0 Å². The minimum Gasteiger partial charge on any atom is -0.368 e. The molecule has 0 bridgehead atoms. The number of aryl methyl sites for hydroxylation is 1. The quantitative estimate of drug-likeness (QED) is 0.511. The van der Waals surface area contributed by atoms with Crippen molar-refractivity contribution < 1.29 is 4.39 Å². The molecule has 0 saturated carbocycles. The highest BCUT2D eigenvalue weighted by atomic mass is 79.9. The number of alkyl halides is 1. The molecule has 2 aromatic carbocycles. The van der Waals surface area contributed by atoms with Crippen LogP contribution in [0.2, 0.25) is 0 Å². The van der Waals surface area contributed by atoms with E-state index in [9.17, 15) is 4.39 Å². The van der Waals surface area contributed by atoms with Crippen LogP contribution in [0.15, 0.2) is 67.0 Å². The van der Waals surface area contributed by atoms with Gasteiger partial charge in [-0.15, -0.1) is 0 Å². The zero-order valence-corrected chi connectivity index (χ0v) is 16.8. The fourth-order valence-electron chi connectivity index (χ4n) is 4.12. The summed E-state index contributed by atoms with van der Waals surface area (Å²) in [5, 5.41) is 2.92. The molecule has 138 valence electrons. The van der Waals surface area contributed by atoms with E-state index in [0.29, 0.717) is 4.83 Å². The molecule has 1 nitrogen and oxygen atoms in total. The number of allylic oxidation sites excluding steroid dienone is 4. The summed E-state index contributed by atoms with van der Waals surface area (Å²) in [5.41, 5.74) is 8.30. The number of rotatable bonds is 0. The second-order valence-corrected chi connectivity index (χ2v) is 8.44. The fourth-order valence-corrected chi connectivity index (χ4v) is 4.70. The summed E-state index contributed by atoms with van der Waals surface area (Å²) >= 11 is 3.75. The lowest BCUT2D eigenvalue weighted by Gasteiger charge is -2.28. The number of hydrogen-bond donors (Lipinski definition) is 1. The van der Waals surface area contributed by atoms with Crippen LogP contribution < -0.4 is 5.32 Å². The molecule has 0 radical (unpaired) electrons. The molecule has 0 amide bonds. The lowest BCUT2D eigenvalue weighted by molar-refractivity contribution is 0.625. The molecule has 27 heavy (non-hydrogen) atoms. The minimum atomic E-state index is -0.118. The van der Waals surface area contributed by atoms with Gasteiger partial charge in [0.1, 0.15) is 5.82 Å². The van der Waals surface area contributed by atoms with Crippen LogP contribution in [0, 0.1) is 5.82 Å². The number of nitrogens with one attached hydrogen (secondary N) is 1. The third-order valence-corrected chi connectivity index (χ3v) is 6.18. The van der Waals surface area contributed by atoms with Gasteiger partial charge in [-0.05, 0) is 89.8 Å². The molecule has 0 saturated heterocycles. The van der Waals surface area contributed by atoms with Crippen LogP contribution in [-0.4, -0.2) is 4.83 Å². The van der Waals surface area contributed by atoms with E-state index in [1.165, 1.54) is 35.1 Å². The molecule has 3 heteroatoms. The molecule has 0 aromatic heterocycles. The Morgan fingerprint density at radius 3 is 2.41 bits per heavy atom. The lowest BCUT2D eigenvalue weighted by Crippen LogP contribution is -2.17. The van der Waals surface area contributed by atoms with Crippen LogP contribution in [0.1, 0.15) is 28.7 Å². The van der Waals surface area contributed by atoms with Crippen molar-refractivity contribution in [1.29, 1.82) is 0 Å². The molecule has 3 aliphatic rings. The third-order valence-electron chi connectivity index (χ3n) is 5.40. The second kappa shape index (κ2) is 8.26. The average molecular weight is 424 g/mol. The van der Waals surface area contributed by atoms with Gasteiger partial charge in [0, 0.05) is 17.2 Å². The monoisotopic (exact) mass is 423 g/mol. The predicted molar refractivity (Wildman–Crippen MR) is 115 cm³/mol. The first kappa shape index (κ1) is 18.2. The van der Waals surface area contributed by atoms with Gasteiger partial charge in [0.05, 0.1) is 0 Å². The highest BCUT2D eigenvalue weighted by Crippen LogP contribution is 2.39. The van der Waals surface area contributed by atoms with E-state index in [1.807, 2.05) is 42.8 Å². The summed E-state index contributed by atoms with van der Waals surface area (Å²) in [4.78, 5) is 0.623. The largest absolute Gasteiger partial charge is 0.368 e. The van der Waals surface area contributed by atoms with Crippen LogP contribution in [0.25, 0.3) is 11.1 Å². The summed E-state index contributed by atoms with van der Waals surface area (Å²) < 4.78 is 13.4. The maximum atomic E-state index is 13.4. The van der Waals surface area contributed by atoms with Gasteiger partial charge in [-0.2, -0.15) is 0 Å². The van der Waals surface area contributed by atoms with Gasteiger partial charge in [-0.1, -0.05) is 46.3 Å². The molecule has 1 N–H and O–H groups in total. The Bertz CT molecular complexity index is 912. The molecule has 1 aliphatic heterocycles. The Labute approximate surface area is 168 Å². The van der Waals surface area contributed by atoms with Crippen molar-refractivity contribution in [3.63, 3.8) is 0 Å². The Kier molecular flexibility index (Phi) is 5.58. The Balaban J connectivity index is 0.000000218. The van der Waals surface area contributed by atoms with Crippen LogP contribution in [0.5, 0.6) is 0 Å². The fraction of sp³-hybridized carbons (Fsp3) is 0.250. The average Bonchev–Trinajstić information content (AvgIpc) is 3.00. The van der Waals surface area contributed by atoms with Crippen LogP contribution in [0.4, 0.5) is 4.39 Å². The van der Waals surface area contributed by atoms with Crippen LogP contribution in [0.3, 0.4) is 0 Å². The van der Waals surface area contributed by atoms with E-state index < -0.39 is 0 Å². The third kappa shape index (κ3) is 4.08. The van der Waals surface area contributed by atoms with E-state index in [4.69, 9.17) is 0 Å². The first-order valence-electron chi connectivity index (χ1n) is 9.53. The number of hydrogen-bond acceptors (Lipinski definition) is 1. The summed E-state index contributed by atoms with van der Waals surface area (Å²) in [7, 11) is 0. The van der Waals surface area contributed by atoms with E-state index in [1.54, 1.807) is 17.7 Å². The maximum absolute atomic E-state index is 13.4. The SMILES string of the molecule is C1=CC=CNC=C1.Fc1ccc2c(c1)CCc1c-2ccc2c1CCC(Br)C2. The molecular formula is C24H23BrFN. The molecular weight excluding hydrogens is 401 g/mol. The molecule has 1 unspecified atom stereocenters. The topological polar surface area (TPSA) is 12.0 Å². The summed E-state index contributed by atoms with van der Waals surface area (Å²) in [6, 6.07) is 9.76. The van der Waals surface area contributed by atoms with Gasteiger partial charge >= 0.3 is 0 Å². The summed E-state index contributed by atoms with van der Waals surface area (Å²) in [6.45, 7) is 0. The number of fused-ring (bicyclic) bond motifs is 5. The summed E-state index contributed by atoms with van der Waals surface area (Å²) in [6.07, 6.45) is 17.1. The van der Waals surface area contributed by atoms with E-state index >= 15 is 0 Å². The van der Waals surface area contributed by atoms with E-state index in [2.05, 4.69) is 33.4 Å². The maximum Gasteiger partial charge on any atom is 0.123 e. The van der Waals surface area contributed by atoms with Gasteiger partial charge in [0.25, 0.3) is 0 Å². The number of halogens is 2. The van der Waals surface area contributed by atoms with Gasteiger partial charge in [-0.3, -0.25) is 0 Å². The Morgan fingerprint density at radius 2 is 1.59 bits per heavy atom. The van der Waals surface area contributed by atoms with Gasteiger partial charge in [-0.25, -0.2) is 4.39 Å². The first-order chi connectivity index (χ1) is 13.2. The lowest BCUT2D eigenvalue weighted by atomic mass is 9.78. The van der Waals surface area contributed by atoms with E-state index in [0.717, 1.165) is 24.8 Å².